The summed E-state index contributed by atoms with van der Waals surface area (Å²) >= 11 is 0. The molecule has 10 aromatic rings. The molecule has 45 heavy (non-hydrogen) atoms. The Morgan fingerprint density at radius 1 is 0.444 bits per heavy atom. The van der Waals surface area contributed by atoms with Crippen LogP contribution in [0.25, 0.3) is 83.3 Å². The fourth-order valence-corrected chi connectivity index (χ4v) is 6.85. The minimum atomic E-state index is 0.672. The number of hydrogen-bond donors (Lipinski definition) is 0. The molecule has 0 amide bonds. The van der Waals surface area contributed by atoms with Crippen molar-refractivity contribution in [1.29, 1.82) is 0 Å². The van der Waals surface area contributed by atoms with Crippen LogP contribution < -0.4 is 0 Å². The molecular weight excluding hydrogens is 552 g/mol. The van der Waals surface area contributed by atoms with Gasteiger partial charge in [-0.05, 0) is 71.8 Å². The van der Waals surface area contributed by atoms with Crippen LogP contribution in [0.4, 0.5) is 0 Å². The second kappa shape index (κ2) is 9.11. The van der Waals surface area contributed by atoms with Gasteiger partial charge < -0.3 is 0 Å². The van der Waals surface area contributed by atoms with E-state index < -0.39 is 0 Å². The fraction of sp³-hybridized carbons (Fsp3) is 0. The van der Waals surface area contributed by atoms with Crippen LogP contribution in [0.15, 0.2) is 146 Å². The summed E-state index contributed by atoms with van der Waals surface area (Å²) < 4.78 is 6.69. The molecule has 0 unspecified atom stereocenters. The number of fused-ring (bicyclic) bond motifs is 9. The first-order chi connectivity index (χ1) is 22.3. The van der Waals surface area contributed by atoms with Gasteiger partial charge in [0, 0.05) is 28.0 Å². The highest BCUT2D eigenvalue weighted by Gasteiger charge is 2.19. The third-order valence-electron chi connectivity index (χ3n) is 8.90. The molecule has 6 nitrogen and oxygen atoms in total. The molecule has 0 aliphatic rings. The Balaban J connectivity index is 1.19. The van der Waals surface area contributed by atoms with Crippen molar-refractivity contribution in [2.24, 2.45) is 0 Å². The Morgan fingerprint density at radius 2 is 1.16 bits per heavy atom. The second-order valence-electron chi connectivity index (χ2n) is 11.4. The third-order valence-corrected chi connectivity index (χ3v) is 8.90. The van der Waals surface area contributed by atoms with E-state index in [1.165, 1.54) is 10.8 Å². The molecule has 0 saturated heterocycles. The van der Waals surface area contributed by atoms with Gasteiger partial charge in [-0.25, -0.2) is 15.0 Å². The summed E-state index contributed by atoms with van der Waals surface area (Å²) in [6.07, 6.45) is 1.91. The Labute approximate surface area is 257 Å². The van der Waals surface area contributed by atoms with Gasteiger partial charge in [0.2, 0.25) is 11.7 Å². The summed E-state index contributed by atoms with van der Waals surface area (Å²) in [4.78, 5) is 14.8. The lowest BCUT2D eigenvalue weighted by atomic mass is 10.0. The van der Waals surface area contributed by atoms with Crippen molar-refractivity contribution < 1.29 is 0 Å². The number of imidazole rings is 2. The maximum Gasteiger partial charge on any atom is 0.235 e. The smallest absolute Gasteiger partial charge is 0.235 e. The van der Waals surface area contributed by atoms with Gasteiger partial charge in [0.05, 0.1) is 38.6 Å². The molecule has 0 aliphatic carbocycles. The van der Waals surface area contributed by atoms with Gasteiger partial charge in [0.15, 0.2) is 0 Å². The maximum absolute atomic E-state index is 5.12. The first-order valence-corrected chi connectivity index (χ1v) is 15.0. The van der Waals surface area contributed by atoms with Crippen LogP contribution in [0, 0.1) is 0 Å². The van der Waals surface area contributed by atoms with Gasteiger partial charge in [-0.15, -0.1) is 0 Å². The molecule has 4 aromatic heterocycles. The van der Waals surface area contributed by atoms with Crippen molar-refractivity contribution in [1.82, 2.24) is 28.5 Å². The molecular formula is C39H24N6. The van der Waals surface area contributed by atoms with E-state index in [0.29, 0.717) is 5.95 Å². The minimum Gasteiger partial charge on any atom is -0.278 e. The first-order valence-electron chi connectivity index (χ1n) is 15.0. The van der Waals surface area contributed by atoms with E-state index in [0.717, 1.165) is 66.6 Å². The van der Waals surface area contributed by atoms with Crippen molar-refractivity contribution in [3.05, 3.63) is 146 Å². The van der Waals surface area contributed by atoms with Gasteiger partial charge in [0.1, 0.15) is 0 Å². The SMILES string of the molecule is c1ccc(-n2c3ccccc3n3c4cc(-c5ccc6c(c5)c5ccccc5n6-c5ncc6ccccc6n5)ccc4nc23)cc1. The summed E-state index contributed by atoms with van der Waals surface area (Å²) in [5, 5.41) is 3.37. The van der Waals surface area contributed by atoms with Crippen LogP contribution in [-0.4, -0.2) is 28.5 Å². The average molecular weight is 577 g/mol. The topological polar surface area (TPSA) is 52.9 Å². The monoisotopic (exact) mass is 576 g/mol. The predicted octanol–water partition coefficient (Wildman–Crippen LogP) is 9.14. The van der Waals surface area contributed by atoms with E-state index in [2.05, 4.69) is 123 Å². The molecule has 0 radical (unpaired) electrons. The maximum atomic E-state index is 5.12. The van der Waals surface area contributed by atoms with Gasteiger partial charge in [0.25, 0.3) is 0 Å². The number of rotatable bonds is 3. The van der Waals surface area contributed by atoms with Crippen molar-refractivity contribution in [3.8, 4) is 22.8 Å². The van der Waals surface area contributed by atoms with Crippen molar-refractivity contribution >= 4 is 60.6 Å². The summed E-state index contributed by atoms with van der Waals surface area (Å²) in [5.74, 6) is 1.58. The van der Waals surface area contributed by atoms with Crippen LogP contribution in [0.3, 0.4) is 0 Å². The molecule has 0 saturated carbocycles. The van der Waals surface area contributed by atoms with Crippen LogP contribution in [0.1, 0.15) is 0 Å². The number of nitrogens with zero attached hydrogens (tertiary/aromatic N) is 6. The molecule has 210 valence electrons. The van der Waals surface area contributed by atoms with E-state index in [1.807, 2.05) is 36.5 Å². The van der Waals surface area contributed by atoms with E-state index in [4.69, 9.17) is 15.0 Å². The Hall–Kier alpha value is -6.27. The molecule has 0 spiro atoms. The Bertz CT molecular complexity index is 2770. The highest BCUT2D eigenvalue weighted by molar-refractivity contribution is 6.10. The number of para-hydroxylation sites is 5. The van der Waals surface area contributed by atoms with E-state index in [9.17, 15) is 0 Å². The average Bonchev–Trinajstić information content (AvgIpc) is 3.74. The molecule has 10 rings (SSSR count). The summed E-state index contributed by atoms with van der Waals surface area (Å²) in [5.41, 5.74) is 10.8. The van der Waals surface area contributed by atoms with E-state index in [1.54, 1.807) is 0 Å². The zero-order chi connectivity index (χ0) is 29.5. The van der Waals surface area contributed by atoms with Crippen molar-refractivity contribution in [2.75, 3.05) is 0 Å². The molecule has 6 heteroatoms. The Morgan fingerprint density at radius 3 is 2.07 bits per heavy atom. The molecule has 0 fully saturated rings. The normalized spacial score (nSPS) is 12.0. The first kappa shape index (κ1) is 24.2. The zero-order valence-corrected chi connectivity index (χ0v) is 24.0. The van der Waals surface area contributed by atoms with Crippen LogP contribution in [-0.2, 0) is 0 Å². The van der Waals surface area contributed by atoms with Crippen LogP contribution in [0.5, 0.6) is 0 Å². The van der Waals surface area contributed by atoms with Crippen molar-refractivity contribution in [3.63, 3.8) is 0 Å². The lowest BCUT2D eigenvalue weighted by Gasteiger charge is -2.08. The van der Waals surface area contributed by atoms with E-state index in [-0.39, 0.29) is 0 Å². The van der Waals surface area contributed by atoms with E-state index >= 15 is 0 Å². The predicted molar refractivity (Wildman–Crippen MR) is 182 cm³/mol. The Kier molecular flexibility index (Phi) is 4.90. The van der Waals surface area contributed by atoms with Crippen LogP contribution in [0.2, 0.25) is 0 Å². The largest absolute Gasteiger partial charge is 0.278 e. The molecule has 6 aromatic carbocycles. The number of hydrogen-bond acceptors (Lipinski definition) is 3. The highest BCUT2D eigenvalue weighted by Crippen LogP contribution is 2.36. The molecule has 0 N–H and O–H groups in total. The molecule has 4 heterocycles. The lowest BCUT2D eigenvalue weighted by molar-refractivity contribution is 1.01. The van der Waals surface area contributed by atoms with Gasteiger partial charge >= 0.3 is 0 Å². The standard InChI is InChI=1S/C39H24N6/c1-2-11-28(12-3-1)43-35-16-8-9-17-36(35)45-37-23-26(18-20-32(37)42-39(43)45)25-19-21-34-30(22-25)29-13-5-7-15-33(29)44(34)38-40-24-27-10-4-6-14-31(27)41-38/h1-24H. The quantitative estimate of drug-likeness (QED) is 0.211. The highest BCUT2D eigenvalue weighted by atomic mass is 15.2. The summed E-state index contributed by atoms with van der Waals surface area (Å²) in [6, 6.07) is 48.8. The number of aromatic nitrogens is 6. The summed E-state index contributed by atoms with van der Waals surface area (Å²) in [6.45, 7) is 0. The summed E-state index contributed by atoms with van der Waals surface area (Å²) in [7, 11) is 0. The zero-order valence-electron chi connectivity index (χ0n) is 24.0. The lowest BCUT2D eigenvalue weighted by Crippen LogP contribution is -2.00. The van der Waals surface area contributed by atoms with Gasteiger partial charge in [-0.1, -0.05) is 78.9 Å². The minimum absolute atomic E-state index is 0.672. The second-order valence-corrected chi connectivity index (χ2v) is 11.4. The van der Waals surface area contributed by atoms with Crippen LogP contribution >= 0.6 is 0 Å². The number of benzene rings is 6. The molecule has 0 bridgehead atoms. The van der Waals surface area contributed by atoms with Gasteiger partial charge in [-0.3, -0.25) is 13.5 Å². The fourth-order valence-electron chi connectivity index (χ4n) is 6.85. The molecule has 0 aliphatic heterocycles. The van der Waals surface area contributed by atoms with Gasteiger partial charge in [-0.2, -0.15) is 0 Å². The van der Waals surface area contributed by atoms with Crippen molar-refractivity contribution in [2.45, 2.75) is 0 Å². The molecule has 0 atom stereocenters. The third kappa shape index (κ3) is 3.48.